The van der Waals surface area contributed by atoms with E-state index in [1.165, 1.54) is 0 Å². The summed E-state index contributed by atoms with van der Waals surface area (Å²) in [7, 11) is 0. The van der Waals surface area contributed by atoms with Crippen LogP contribution in [-0.4, -0.2) is 62.7 Å². The number of amides is 2. The lowest BCUT2D eigenvalue weighted by Crippen LogP contribution is -2.40. The number of halogens is 5. The molecule has 2 heterocycles. The van der Waals surface area contributed by atoms with Crippen LogP contribution in [0.4, 0.5) is 13.2 Å². The number of ether oxygens (including phenoxy) is 1. The Bertz CT molecular complexity index is 1080. The molecule has 0 aliphatic carbocycles. The topological polar surface area (TPSA) is 177 Å². The first kappa shape index (κ1) is 26.3. The van der Waals surface area contributed by atoms with Gasteiger partial charge >= 0.3 is 23.8 Å². The molecule has 4 atom stereocenters. The maximum atomic E-state index is 12.1. The number of rotatable bonds is 6. The minimum absolute atomic E-state index is 0.416. The normalized spacial score (nSPS) is 24.1. The van der Waals surface area contributed by atoms with Crippen molar-refractivity contribution in [1.29, 1.82) is 0 Å². The molecule has 1 aromatic rings. The predicted octanol–water partition coefficient (Wildman–Crippen LogP) is -0.0236. The number of aromatic nitrogens is 2. The molecule has 12 nitrogen and oxygen atoms in total. The first-order chi connectivity index (χ1) is 14.6. The quantitative estimate of drug-likeness (QED) is 0.293. The zero-order chi connectivity index (χ0) is 24.4. The average molecular weight is 526 g/mol. The van der Waals surface area contributed by atoms with Crippen molar-refractivity contribution in [2.45, 2.75) is 30.7 Å². The van der Waals surface area contributed by atoms with Crippen molar-refractivity contribution in [1.82, 2.24) is 14.9 Å². The number of carbonyl (C=O) groups excluding carboxylic acids is 2. The van der Waals surface area contributed by atoms with Crippen molar-refractivity contribution in [3.8, 4) is 0 Å². The Kier molecular flexibility index (Phi) is 8.10. The molecule has 1 aliphatic heterocycles. The number of nitrogens with one attached hydrogen (secondary N) is 2. The number of carbonyl (C=O) groups is 2. The summed E-state index contributed by atoms with van der Waals surface area (Å²) in [5.41, 5.74) is -2.66. The Morgan fingerprint density at radius 3 is 2.50 bits per heavy atom. The highest BCUT2D eigenvalue weighted by molar-refractivity contribution is 8.05. The predicted molar refractivity (Wildman–Crippen MR) is 101 cm³/mol. The smallest absolute Gasteiger partial charge is 0.387 e. The van der Waals surface area contributed by atoms with Gasteiger partial charge in [-0.2, -0.15) is 13.2 Å². The van der Waals surface area contributed by atoms with Gasteiger partial charge in [0, 0.05) is 12.3 Å². The van der Waals surface area contributed by atoms with Crippen LogP contribution in [0.15, 0.2) is 21.9 Å². The van der Waals surface area contributed by atoms with Crippen LogP contribution in [0, 0.1) is 0 Å². The van der Waals surface area contributed by atoms with Crippen LogP contribution in [0.25, 0.3) is 6.08 Å². The van der Waals surface area contributed by atoms with E-state index in [2.05, 4.69) is 4.52 Å². The Morgan fingerprint density at radius 2 is 1.94 bits per heavy atom. The van der Waals surface area contributed by atoms with E-state index in [0.717, 1.165) is 11.5 Å². The van der Waals surface area contributed by atoms with Gasteiger partial charge in [-0.05, 0) is 28.6 Å². The number of aliphatic hydroxyl groups excluding tert-OH is 2. The second-order valence-corrected chi connectivity index (χ2v) is 10.4. The van der Waals surface area contributed by atoms with Gasteiger partial charge in [0.2, 0.25) is 0 Å². The summed E-state index contributed by atoms with van der Waals surface area (Å²) in [5.74, 6) is -4.05. The number of aromatic amines is 1. The van der Waals surface area contributed by atoms with Crippen molar-refractivity contribution in [3.63, 3.8) is 0 Å². The highest BCUT2D eigenvalue weighted by atomic mass is 35.9. The van der Waals surface area contributed by atoms with Gasteiger partial charge in [-0.25, -0.2) is 4.79 Å². The molecule has 0 saturated carbocycles. The molecule has 4 N–H and O–H groups in total. The van der Waals surface area contributed by atoms with Crippen LogP contribution in [-0.2, 0) is 23.4 Å². The van der Waals surface area contributed by atoms with Crippen LogP contribution in [0.5, 0.6) is 0 Å². The molecule has 18 heteroatoms. The van der Waals surface area contributed by atoms with Gasteiger partial charge in [-0.3, -0.25) is 33.8 Å². The van der Waals surface area contributed by atoms with Gasteiger partial charge in [0.15, 0.2) is 6.23 Å². The Morgan fingerprint density at radius 1 is 1.31 bits per heavy atom. The second kappa shape index (κ2) is 9.87. The number of hydrogen-bond acceptors (Lipinski definition) is 9. The number of H-pyrrole nitrogens is 1. The van der Waals surface area contributed by atoms with E-state index in [1.807, 2.05) is 4.98 Å². The lowest BCUT2D eigenvalue weighted by Gasteiger charge is -2.17. The molecule has 0 spiro atoms. The molecular formula is C14H13Cl2F3N3O9P. The molecule has 178 valence electrons. The Hall–Kier alpha value is -2.00. The summed E-state index contributed by atoms with van der Waals surface area (Å²) in [6, 6.07) is 0. The molecular weight excluding hydrogens is 513 g/mol. The highest BCUT2D eigenvalue weighted by Crippen LogP contribution is 2.57. The SMILES string of the molecule is O=C(/C=C/c1cn([C@@H]2O[C@H](COP(=O)(Cl)Cl)C(O)[C@@H]2O)c(=O)[nH]c1=O)NC(=O)C(F)(F)F. The largest absolute Gasteiger partial charge is 0.471 e. The van der Waals surface area contributed by atoms with Gasteiger partial charge in [-0.15, -0.1) is 0 Å². The van der Waals surface area contributed by atoms with Crippen molar-refractivity contribution in [3.05, 3.63) is 38.7 Å². The number of imide groups is 1. The molecule has 1 saturated heterocycles. The van der Waals surface area contributed by atoms with Gasteiger partial charge in [0.25, 0.3) is 11.5 Å². The lowest BCUT2D eigenvalue weighted by molar-refractivity contribution is -0.174. The molecule has 1 fully saturated rings. The third-order valence-electron chi connectivity index (χ3n) is 3.90. The summed E-state index contributed by atoms with van der Waals surface area (Å²) in [5, 5.41) is 21.2. The number of aliphatic hydroxyl groups is 2. The third-order valence-corrected chi connectivity index (χ3v) is 4.94. The zero-order valence-electron chi connectivity index (χ0n) is 15.3. The lowest BCUT2D eigenvalue weighted by atomic mass is 10.1. The average Bonchev–Trinajstić information content (AvgIpc) is 2.92. The van der Waals surface area contributed by atoms with Crippen molar-refractivity contribution in [2.75, 3.05) is 6.61 Å². The minimum Gasteiger partial charge on any atom is -0.387 e. The van der Waals surface area contributed by atoms with E-state index in [9.17, 15) is 47.1 Å². The first-order valence-corrected chi connectivity index (χ1v) is 11.6. The summed E-state index contributed by atoms with van der Waals surface area (Å²) < 4.78 is 58.1. The van der Waals surface area contributed by atoms with E-state index in [-0.39, 0.29) is 0 Å². The molecule has 0 aromatic carbocycles. The first-order valence-electron chi connectivity index (χ1n) is 8.21. The van der Waals surface area contributed by atoms with E-state index >= 15 is 0 Å². The van der Waals surface area contributed by atoms with Gasteiger partial charge in [0.1, 0.15) is 18.3 Å². The van der Waals surface area contributed by atoms with E-state index in [0.29, 0.717) is 16.7 Å². The van der Waals surface area contributed by atoms with Gasteiger partial charge in [0.05, 0.1) is 12.2 Å². The Balaban J connectivity index is 2.24. The monoisotopic (exact) mass is 525 g/mol. The number of hydrogen-bond donors (Lipinski definition) is 4. The van der Waals surface area contributed by atoms with Crippen LogP contribution in [0.1, 0.15) is 11.8 Å². The third kappa shape index (κ3) is 6.75. The molecule has 32 heavy (non-hydrogen) atoms. The zero-order valence-corrected chi connectivity index (χ0v) is 17.7. The van der Waals surface area contributed by atoms with Crippen LogP contribution in [0.2, 0.25) is 0 Å². The van der Waals surface area contributed by atoms with Crippen LogP contribution >= 0.6 is 28.6 Å². The van der Waals surface area contributed by atoms with E-state index in [4.69, 9.17) is 27.2 Å². The fourth-order valence-electron chi connectivity index (χ4n) is 2.46. The molecule has 0 radical (unpaired) electrons. The summed E-state index contributed by atoms with van der Waals surface area (Å²) in [4.78, 5) is 47.9. The summed E-state index contributed by atoms with van der Waals surface area (Å²) in [6.07, 6.45) is -13.8. The standard InChI is InChI=1S/C14H13Cl2F3N3O9P/c15-32(16,29)30-4-6-8(24)9(25)11(31-6)22-3-5(10(26)21-13(22)28)1-2-7(23)20-12(27)14(17,18)19/h1-3,6,8-9,11,24-25H,4H2,(H,20,23,27)(H,21,26,28)/b2-1+/t6-,8?,9+,11-/m1/s1. The van der Waals surface area contributed by atoms with E-state index in [1.54, 1.807) is 0 Å². The van der Waals surface area contributed by atoms with E-state index < -0.39 is 72.0 Å². The van der Waals surface area contributed by atoms with Crippen molar-refractivity contribution < 1.29 is 46.8 Å². The van der Waals surface area contributed by atoms with Gasteiger partial charge < -0.3 is 19.5 Å². The Labute approximate surface area is 184 Å². The molecule has 1 aliphatic rings. The molecule has 2 rings (SSSR count). The van der Waals surface area contributed by atoms with Crippen molar-refractivity contribution >= 4 is 46.4 Å². The summed E-state index contributed by atoms with van der Waals surface area (Å²) >= 11 is 10.4. The molecule has 0 bridgehead atoms. The molecule has 1 unspecified atom stereocenters. The number of alkyl halides is 3. The maximum absolute atomic E-state index is 12.1. The fourth-order valence-corrected chi connectivity index (χ4v) is 3.11. The fraction of sp³-hybridized carbons (Fsp3) is 0.429. The highest BCUT2D eigenvalue weighted by Gasteiger charge is 2.45. The molecule has 2 amide bonds. The maximum Gasteiger partial charge on any atom is 0.471 e. The van der Waals surface area contributed by atoms with Crippen molar-refractivity contribution in [2.24, 2.45) is 0 Å². The second-order valence-electron chi connectivity index (χ2n) is 6.16. The van der Waals surface area contributed by atoms with Crippen LogP contribution in [0.3, 0.4) is 0 Å². The van der Waals surface area contributed by atoms with Crippen LogP contribution < -0.4 is 16.6 Å². The van der Waals surface area contributed by atoms with Gasteiger partial charge in [-0.1, -0.05) is 0 Å². The molecule has 1 aromatic heterocycles. The minimum atomic E-state index is -5.31. The number of nitrogens with zero attached hydrogens (tertiary/aromatic N) is 1. The summed E-state index contributed by atoms with van der Waals surface area (Å²) in [6.45, 7) is -0.642.